The highest BCUT2D eigenvalue weighted by molar-refractivity contribution is 6.43. The van der Waals surface area contributed by atoms with Gasteiger partial charge in [0.1, 0.15) is 5.82 Å². The van der Waals surface area contributed by atoms with Crippen LogP contribution in [0.15, 0.2) is 85.5 Å². The number of likely N-dealkylation sites (tertiary alicyclic amines) is 1. The van der Waals surface area contributed by atoms with Crippen LogP contribution in [0, 0.1) is 5.82 Å². The van der Waals surface area contributed by atoms with E-state index in [2.05, 4.69) is 14.9 Å². The number of nitrogens with zero attached hydrogens (tertiary/aromatic N) is 4. The maximum absolute atomic E-state index is 13.9. The van der Waals surface area contributed by atoms with Gasteiger partial charge in [0.15, 0.2) is 11.5 Å². The Morgan fingerprint density at radius 1 is 0.833 bits per heavy atom. The highest BCUT2D eigenvalue weighted by Crippen LogP contribution is 2.38. The number of hydrogen-bond acceptors (Lipinski definition) is 8. The lowest BCUT2D eigenvalue weighted by Gasteiger charge is -2.36. The molecule has 1 aliphatic rings. The van der Waals surface area contributed by atoms with E-state index in [-0.39, 0.29) is 23.5 Å². The third kappa shape index (κ3) is 8.74. The number of carbonyl (C=O) groups excluding carboxylic acids is 2. The highest BCUT2D eigenvalue weighted by Gasteiger charge is 2.36. The van der Waals surface area contributed by atoms with Crippen molar-refractivity contribution in [3.63, 3.8) is 0 Å². The predicted molar refractivity (Wildman–Crippen MR) is 181 cm³/mol. The molecule has 1 aliphatic heterocycles. The van der Waals surface area contributed by atoms with Crippen molar-refractivity contribution in [3.05, 3.63) is 114 Å². The van der Waals surface area contributed by atoms with Crippen LogP contribution in [-0.4, -0.2) is 78.0 Å². The Kier molecular flexibility index (Phi) is 12.1. The van der Waals surface area contributed by atoms with Crippen molar-refractivity contribution >= 4 is 11.7 Å². The van der Waals surface area contributed by atoms with Crippen molar-refractivity contribution in [3.8, 4) is 17.2 Å². The summed E-state index contributed by atoms with van der Waals surface area (Å²) >= 11 is 0. The van der Waals surface area contributed by atoms with Gasteiger partial charge in [-0.25, -0.2) is 4.39 Å². The van der Waals surface area contributed by atoms with Gasteiger partial charge >= 0.3 is 0 Å². The van der Waals surface area contributed by atoms with Crippen LogP contribution in [-0.2, 0) is 24.2 Å². The molecule has 0 spiro atoms. The average molecular weight is 655 g/mol. The van der Waals surface area contributed by atoms with E-state index in [0.29, 0.717) is 36.9 Å². The molecular weight excluding hydrogens is 611 g/mol. The number of benzene rings is 2. The number of aromatic nitrogens is 2. The molecule has 1 amide bonds. The van der Waals surface area contributed by atoms with E-state index in [1.807, 2.05) is 61.2 Å². The standard InChI is InChI=1S/C38H43FN4O5/c1-46-34-23-30(24-35(47-2)37(34)48-3)36(44)38(45)43-22-4-5-33(43)26-42(25-29-6-10-31(39)11-7-29)32(12-8-27-14-18-40-19-15-27)13-9-28-16-20-41-21-17-28/h6-7,10-11,14-21,23-24,32-33H,4-5,8-9,12-13,22,25-26H2,1-3H3/t33-/m0/s1. The van der Waals surface area contributed by atoms with Gasteiger partial charge in [-0.3, -0.25) is 24.5 Å². The molecule has 0 saturated carbocycles. The number of rotatable bonds is 16. The van der Waals surface area contributed by atoms with Crippen LogP contribution in [0.4, 0.5) is 4.39 Å². The smallest absolute Gasteiger partial charge is 0.295 e. The van der Waals surface area contributed by atoms with E-state index >= 15 is 0 Å². The molecule has 5 rings (SSSR count). The monoisotopic (exact) mass is 654 g/mol. The van der Waals surface area contributed by atoms with Crippen molar-refractivity contribution in [2.24, 2.45) is 0 Å². The van der Waals surface area contributed by atoms with Gasteiger partial charge in [-0.05, 0) is 104 Å². The average Bonchev–Trinajstić information content (AvgIpc) is 3.60. The SMILES string of the molecule is COc1cc(C(=O)C(=O)N2CCC[C@H]2CN(Cc2ccc(F)cc2)C(CCc2ccncc2)CCc2ccncc2)cc(OC)c1OC. The summed E-state index contributed by atoms with van der Waals surface area (Å²) in [7, 11) is 4.43. The van der Waals surface area contributed by atoms with Gasteiger partial charge in [0.25, 0.3) is 11.7 Å². The molecule has 0 N–H and O–H groups in total. The second-order valence-corrected chi connectivity index (χ2v) is 12.0. The van der Waals surface area contributed by atoms with E-state index in [9.17, 15) is 14.0 Å². The van der Waals surface area contributed by atoms with Crippen LogP contribution in [0.1, 0.15) is 52.7 Å². The number of halogens is 1. The fraction of sp³-hybridized carbons (Fsp3) is 0.368. The molecule has 9 nitrogen and oxygen atoms in total. The molecule has 2 aromatic heterocycles. The number of methoxy groups -OCH3 is 3. The summed E-state index contributed by atoms with van der Waals surface area (Å²) in [6.45, 7) is 1.64. The van der Waals surface area contributed by atoms with Crippen molar-refractivity contribution in [1.29, 1.82) is 0 Å². The minimum Gasteiger partial charge on any atom is -0.493 e. The van der Waals surface area contributed by atoms with E-state index < -0.39 is 11.7 Å². The molecule has 48 heavy (non-hydrogen) atoms. The summed E-state index contributed by atoms with van der Waals surface area (Å²) < 4.78 is 30.2. The molecule has 3 heterocycles. The summed E-state index contributed by atoms with van der Waals surface area (Å²) in [6.07, 6.45) is 12.3. The minimum atomic E-state index is -0.627. The second kappa shape index (κ2) is 16.8. The minimum absolute atomic E-state index is 0.139. The first kappa shape index (κ1) is 34.5. The van der Waals surface area contributed by atoms with Gasteiger partial charge in [0, 0.05) is 62.1 Å². The lowest BCUT2D eigenvalue weighted by molar-refractivity contribution is -0.127. The summed E-state index contributed by atoms with van der Waals surface area (Å²) in [5, 5.41) is 0. The first-order chi connectivity index (χ1) is 23.4. The first-order valence-corrected chi connectivity index (χ1v) is 16.3. The molecule has 4 aromatic rings. The molecular formula is C38H43FN4O5. The van der Waals surface area contributed by atoms with Gasteiger partial charge in [0.2, 0.25) is 5.75 Å². The second-order valence-electron chi connectivity index (χ2n) is 12.0. The zero-order valence-corrected chi connectivity index (χ0v) is 27.8. The molecule has 252 valence electrons. The van der Waals surface area contributed by atoms with Gasteiger partial charge in [0.05, 0.1) is 21.3 Å². The zero-order chi connectivity index (χ0) is 33.9. The normalized spacial score (nSPS) is 14.4. The maximum Gasteiger partial charge on any atom is 0.295 e. The first-order valence-electron chi connectivity index (χ1n) is 16.3. The Morgan fingerprint density at radius 2 is 1.40 bits per heavy atom. The molecule has 1 fully saturated rings. The fourth-order valence-electron chi connectivity index (χ4n) is 6.47. The van der Waals surface area contributed by atoms with E-state index in [1.165, 1.54) is 56.7 Å². The van der Waals surface area contributed by atoms with Crippen LogP contribution < -0.4 is 14.2 Å². The number of ketones is 1. The van der Waals surface area contributed by atoms with Crippen molar-refractivity contribution in [1.82, 2.24) is 19.8 Å². The largest absolute Gasteiger partial charge is 0.493 e. The molecule has 10 heteroatoms. The molecule has 0 unspecified atom stereocenters. The zero-order valence-electron chi connectivity index (χ0n) is 27.8. The summed E-state index contributed by atoms with van der Waals surface area (Å²) in [5.41, 5.74) is 3.57. The summed E-state index contributed by atoms with van der Waals surface area (Å²) in [6, 6.07) is 17.7. The number of carbonyl (C=O) groups is 2. The van der Waals surface area contributed by atoms with Gasteiger partial charge in [-0.2, -0.15) is 0 Å². The fourth-order valence-corrected chi connectivity index (χ4v) is 6.47. The Balaban J connectivity index is 1.41. The number of Topliss-reactive ketones (excluding diaryl/α,β-unsaturated/α-hetero) is 1. The van der Waals surface area contributed by atoms with Crippen LogP contribution in [0.25, 0.3) is 0 Å². The molecule has 0 aliphatic carbocycles. The Hall–Kier alpha value is -4.83. The number of ether oxygens (including phenoxy) is 3. The molecule has 1 saturated heterocycles. The van der Waals surface area contributed by atoms with Crippen LogP contribution >= 0.6 is 0 Å². The molecule has 0 radical (unpaired) electrons. The maximum atomic E-state index is 13.9. The third-order valence-electron chi connectivity index (χ3n) is 9.05. The van der Waals surface area contributed by atoms with Crippen LogP contribution in [0.2, 0.25) is 0 Å². The van der Waals surface area contributed by atoms with Gasteiger partial charge < -0.3 is 19.1 Å². The quantitative estimate of drug-likeness (QED) is 0.108. The van der Waals surface area contributed by atoms with Crippen molar-refractivity contribution in [2.45, 2.75) is 57.2 Å². The van der Waals surface area contributed by atoms with Crippen LogP contribution in [0.5, 0.6) is 17.2 Å². The predicted octanol–water partition coefficient (Wildman–Crippen LogP) is 5.95. The lowest BCUT2D eigenvalue weighted by Crippen LogP contribution is -2.48. The van der Waals surface area contributed by atoms with Crippen molar-refractivity contribution < 1.29 is 28.2 Å². The third-order valence-corrected chi connectivity index (χ3v) is 9.05. The van der Waals surface area contributed by atoms with E-state index in [1.54, 1.807) is 4.90 Å². The Bertz CT molecular complexity index is 1570. The molecule has 1 atom stereocenters. The Labute approximate surface area is 281 Å². The molecule has 0 bridgehead atoms. The summed E-state index contributed by atoms with van der Waals surface area (Å²) in [4.78, 5) is 40.0. The van der Waals surface area contributed by atoms with Crippen LogP contribution in [0.3, 0.4) is 0 Å². The number of amides is 1. The Morgan fingerprint density at radius 3 is 1.92 bits per heavy atom. The highest BCUT2D eigenvalue weighted by atomic mass is 19.1. The van der Waals surface area contributed by atoms with E-state index in [0.717, 1.165) is 44.1 Å². The summed E-state index contributed by atoms with van der Waals surface area (Å²) in [5.74, 6) is -0.499. The van der Waals surface area contributed by atoms with E-state index in [4.69, 9.17) is 14.2 Å². The topological polar surface area (TPSA) is 94.1 Å². The number of pyridine rings is 2. The molecule has 2 aromatic carbocycles. The van der Waals surface area contributed by atoms with Gasteiger partial charge in [-0.1, -0.05) is 12.1 Å². The van der Waals surface area contributed by atoms with Crippen molar-refractivity contribution in [2.75, 3.05) is 34.4 Å². The van der Waals surface area contributed by atoms with Gasteiger partial charge in [-0.15, -0.1) is 0 Å². The lowest BCUT2D eigenvalue weighted by atomic mass is 9.97. The number of hydrogen-bond donors (Lipinski definition) is 0. The number of aryl methyl sites for hydroxylation is 2.